The van der Waals surface area contributed by atoms with E-state index >= 15 is 0 Å². The second-order valence-electron chi connectivity index (χ2n) is 5.32. The molecular formula is C15H16N2O3. The molecule has 1 fully saturated rings. The number of ether oxygens (including phenoxy) is 1. The molecule has 20 heavy (non-hydrogen) atoms. The number of aromatic nitrogens is 1. The molecule has 3 rings (SSSR count). The molecule has 0 spiro atoms. The van der Waals surface area contributed by atoms with Gasteiger partial charge in [-0.25, -0.2) is 4.79 Å². The van der Waals surface area contributed by atoms with E-state index in [0.29, 0.717) is 11.6 Å². The molecule has 1 heterocycles. The smallest absolute Gasteiger partial charge is 0.410 e. The van der Waals surface area contributed by atoms with Crippen LogP contribution in [0.3, 0.4) is 0 Å². The molecule has 2 aromatic rings. The van der Waals surface area contributed by atoms with Gasteiger partial charge in [0, 0.05) is 11.5 Å². The molecule has 1 aromatic heterocycles. The summed E-state index contributed by atoms with van der Waals surface area (Å²) < 4.78 is 10.4. The quantitative estimate of drug-likeness (QED) is 0.924. The van der Waals surface area contributed by atoms with Gasteiger partial charge in [0.25, 0.3) is 0 Å². The standard InChI is InChI=1S/C15H16N2O3/c1-15(8-5-9-15)12-10-13(17-20-12)16-14(18)19-11-6-3-2-4-7-11/h2-4,6-7,10H,5,8-9H2,1H3,(H,16,17,18). The number of anilines is 1. The Kier molecular flexibility index (Phi) is 3.18. The van der Waals surface area contributed by atoms with Crippen molar-refractivity contribution in [2.24, 2.45) is 0 Å². The number of carbonyl (C=O) groups is 1. The Balaban J connectivity index is 1.62. The Morgan fingerprint density at radius 1 is 1.35 bits per heavy atom. The van der Waals surface area contributed by atoms with Gasteiger partial charge < -0.3 is 9.26 Å². The minimum absolute atomic E-state index is 0.0657. The summed E-state index contributed by atoms with van der Waals surface area (Å²) in [6.07, 6.45) is 2.82. The number of benzene rings is 1. The van der Waals surface area contributed by atoms with Crippen molar-refractivity contribution in [3.8, 4) is 5.75 Å². The molecule has 1 aromatic carbocycles. The highest BCUT2D eigenvalue weighted by Gasteiger charge is 2.37. The lowest BCUT2D eigenvalue weighted by Gasteiger charge is -2.35. The number of hydrogen-bond donors (Lipinski definition) is 1. The van der Waals surface area contributed by atoms with Crippen LogP contribution < -0.4 is 10.1 Å². The maximum Gasteiger partial charge on any atom is 0.418 e. The van der Waals surface area contributed by atoms with Gasteiger partial charge >= 0.3 is 6.09 Å². The average molecular weight is 272 g/mol. The number of amides is 1. The third-order valence-electron chi connectivity index (χ3n) is 3.75. The molecule has 0 unspecified atom stereocenters. The minimum atomic E-state index is -0.574. The highest BCUT2D eigenvalue weighted by atomic mass is 16.6. The topological polar surface area (TPSA) is 64.4 Å². The first-order valence-electron chi connectivity index (χ1n) is 6.67. The fourth-order valence-electron chi connectivity index (χ4n) is 2.30. The molecule has 104 valence electrons. The van der Waals surface area contributed by atoms with Crippen molar-refractivity contribution in [2.45, 2.75) is 31.6 Å². The van der Waals surface area contributed by atoms with E-state index < -0.39 is 6.09 Å². The van der Waals surface area contributed by atoms with E-state index in [9.17, 15) is 4.79 Å². The minimum Gasteiger partial charge on any atom is -0.410 e. The average Bonchev–Trinajstić information content (AvgIpc) is 2.85. The lowest BCUT2D eigenvalue weighted by atomic mass is 9.69. The highest BCUT2D eigenvalue weighted by Crippen LogP contribution is 2.43. The predicted molar refractivity (Wildman–Crippen MR) is 73.8 cm³/mol. The van der Waals surface area contributed by atoms with Gasteiger partial charge in [0.05, 0.1) is 0 Å². The summed E-state index contributed by atoms with van der Waals surface area (Å²) in [4.78, 5) is 11.7. The summed E-state index contributed by atoms with van der Waals surface area (Å²) in [6.45, 7) is 2.14. The van der Waals surface area contributed by atoms with Crippen molar-refractivity contribution in [2.75, 3.05) is 5.32 Å². The van der Waals surface area contributed by atoms with Gasteiger partial charge in [-0.3, -0.25) is 5.32 Å². The second-order valence-corrected chi connectivity index (χ2v) is 5.32. The van der Waals surface area contributed by atoms with Crippen molar-refractivity contribution < 1.29 is 14.1 Å². The van der Waals surface area contributed by atoms with Crippen LogP contribution in [0.5, 0.6) is 5.75 Å². The zero-order valence-corrected chi connectivity index (χ0v) is 11.3. The molecule has 5 heteroatoms. The van der Waals surface area contributed by atoms with Crippen LogP contribution in [0.25, 0.3) is 0 Å². The van der Waals surface area contributed by atoms with E-state index in [2.05, 4.69) is 17.4 Å². The molecule has 1 amide bonds. The van der Waals surface area contributed by atoms with Crippen molar-refractivity contribution in [3.63, 3.8) is 0 Å². The van der Waals surface area contributed by atoms with Crippen molar-refractivity contribution >= 4 is 11.9 Å². The summed E-state index contributed by atoms with van der Waals surface area (Å²) in [5.41, 5.74) is 0.0657. The Morgan fingerprint density at radius 2 is 2.10 bits per heavy atom. The number of rotatable bonds is 3. The molecule has 0 bridgehead atoms. The monoisotopic (exact) mass is 272 g/mol. The molecule has 0 atom stereocenters. The third kappa shape index (κ3) is 2.52. The summed E-state index contributed by atoms with van der Waals surface area (Å²) in [6, 6.07) is 10.6. The zero-order chi connectivity index (χ0) is 14.0. The molecular weight excluding hydrogens is 256 g/mol. The van der Waals surface area contributed by atoms with E-state index in [1.165, 1.54) is 6.42 Å². The lowest BCUT2D eigenvalue weighted by molar-refractivity contribution is 0.203. The van der Waals surface area contributed by atoms with Crippen LogP contribution in [0.15, 0.2) is 40.9 Å². The van der Waals surface area contributed by atoms with Crippen LogP contribution in [0.2, 0.25) is 0 Å². The van der Waals surface area contributed by atoms with Crippen LogP contribution in [0.1, 0.15) is 31.9 Å². The van der Waals surface area contributed by atoms with E-state index in [1.54, 1.807) is 30.3 Å². The first kappa shape index (κ1) is 12.7. The zero-order valence-electron chi connectivity index (χ0n) is 11.3. The molecule has 5 nitrogen and oxygen atoms in total. The third-order valence-corrected chi connectivity index (χ3v) is 3.75. The summed E-state index contributed by atoms with van der Waals surface area (Å²) in [7, 11) is 0. The Hall–Kier alpha value is -2.30. The van der Waals surface area contributed by atoms with Gasteiger partial charge in [0.1, 0.15) is 11.5 Å². The molecule has 1 saturated carbocycles. The lowest BCUT2D eigenvalue weighted by Crippen LogP contribution is -2.29. The molecule has 1 aliphatic rings. The molecule has 0 aliphatic heterocycles. The van der Waals surface area contributed by atoms with Crippen LogP contribution in [0, 0.1) is 0 Å². The molecule has 1 aliphatic carbocycles. The van der Waals surface area contributed by atoms with E-state index in [4.69, 9.17) is 9.26 Å². The fraction of sp³-hybridized carbons (Fsp3) is 0.333. The fourth-order valence-corrected chi connectivity index (χ4v) is 2.30. The SMILES string of the molecule is CC1(c2cc(NC(=O)Oc3ccccc3)no2)CCC1. The van der Waals surface area contributed by atoms with Crippen LogP contribution in [-0.4, -0.2) is 11.2 Å². The number of nitrogens with one attached hydrogen (secondary N) is 1. The van der Waals surface area contributed by atoms with Gasteiger partial charge in [-0.1, -0.05) is 36.7 Å². The van der Waals surface area contributed by atoms with Gasteiger partial charge in [-0.2, -0.15) is 0 Å². The van der Waals surface area contributed by atoms with E-state index in [-0.39, 0.29) is 5.41 Å². The Morgan fingerprint density at radius 3 is 2.75 bits per heavy atom. The van der Waals surface area contributed by atoms with Crippen molar-refractivity contribution in [1.82, 2.24) is 5.16 Å². The molecule has 0 radical (unpaired) electrons. The highest BCUT2D eigenvalue weighted by molar-refractivity contribution is 5.85. The first-order chi connectivity index (χ1) is 9.66. The van der Waals surface area contributed by atoms with Gasteiger partial charge in [0.15, 0.2) is 5.82 Å². The summed E-state index contributed by atoms with van der Waals surface area (Å²) in [5.74, 6) is 1.69. The van der Waals surface area contributed by atoms with Crippen LogP contribution in [0.4, 0.5) is 10.6 Å². The largest absolute Gasteiger partial charge is 0.418 e. The Labute approximate surface area is 116 Å². The Bertz CT molecular complexity index is 603. The van der Waals surface area contributed by atoms with E-state index in [0.717, 1.165) is 18.6 Å². The van der Waals surface area contributed by atoms with Gasteiger partial charge in [0.2, 0.25) is 0 Å². The number of carbonyl (C=O) groups excluding carboxylic acids is 1. The summed E-state index contributed by atoms with van der Waals surface area (Å²) in [5, 5.41) is 6.42. The second kappa shape index (κ2) is 5.00. The van der Waals surface area contributed by atoms with Crippen molar-refractivity contribution in [3.05, 3.63) is 42.2 Å². The molecule has 1 N–H and O–H groups in total. The van der Waals surface area contributed by atoms with Crippen molar-refractivity contribution in [1.29, 1.82) is 0 Å². The normalized spacial score (nSPS) is 16.2. The van der Waals surface area contributed by atoms with Crippen LogP contribution >= 0.6 is 0 Å². The maximum absolute atomic E-state index is 11.7. The van der Waals surface area contributed by atoms with Gasteiger partial charge in [-0.15, -0.1) is 0 Å². The summed E-state index contributed by atoms with van der Waals surface area (Å²) >= 11 is 0. The number of para-hydroxylation sites is 1. The maximum atomic E-state index is 11.7. The van der Waals surface area contributed by atoms with Crippen LogP contribution in [-0.2, 0) is 5.41 Å². The first-order valence-corrected chi connectivity index (χ1v) is 6.67. The molecule has 0 saturated heterocycles. The number of hydrogen-bond acceptors (Lipinski definition) is 4. The number of nitrogens with zero attached hydrogens (tertiary/aromatic N) is 1. The predicted octanol–water partition coefficient (Wildman–Crippen LogP) is 3.73. The van der Waals surface area contributed by atoms with Gasteiger partial charge in [-0.05, 0) is 25.0 Å². The van der Waals surface area contributed by atoms with E-state index in [1.807, 2.05) is 6.07 Å².